The number of hydrogen-bond acceptors (Lipinski definition) is 3. The summed E-state index contributed by atoms with van der Waals surface area (Å²) in [5, 5.41) is 7.79. The van der Waals surface area contributed by atoms with Gasteiger partial charge < -0.3 is 0 Å². The molecule has 6 nitrogen and oxygen atoms in total. The summed E-state index contributed by atoms with van der Waals surface area (Å²) in [6.07, 6.45) is 1.39. The number of benzene rings is 2. The van der Waals surface area contributed by atoms with Crippen molar-refractivity contribution in [3.63, 3.8) is 0 Å². The Hall–Kier alpha value is -2.75. The molecule has 1 amide bonds. The van der Waals surface area contributed by atoms with Crippen molar-refractivity contribution < 1.29 is 13.6 Å². The van der Waals surface area contributed by atoms with Gasteiger partial charge in [-0.05, 0) is 6.07 Å². The second-order valence-corrected chi connectivity index (χ2v) is 23.4. The van der Waals surface area contributed by atoms with Crippen LogP contribution in [0, 0.1) is 11.6 Å². The van der Waals surface area contributed by atoms with Gasteiger partial charge in [0.2, 0.25) is 0 Å². The van der Waals surface area contributed by atoms with Gasteiger partial charge in [0.05, 0.1) is 0 Å². The Morgan fingerprint density at radius 2 is 1.84 bits per heavy atom. The summed E-state index contributed by atoms with van der Waals surface area (Å²) in [7, 11) is 1.71. The zero-order valence-corrected chi connectivity index (χ0v) is 21.2. The Morgan fingerprint density at radius 1 is 1.09 bits per heavy atom. The SMILES string of the molecule is Cn1ncc2c(=O)n(CCC(=O)Nc3cc[c]([Sn]([CH3])([CH3])[CH3])cc3F)c3cc(F)ccc3c21. The summed E-state index contributed by atoms with van der Waals surface area (Å²) in [6, 6.07) is 9.16. The van der Waals surface area contributed by atoms with E-state index in [4.69, 9.17) is 0 Å². The summed E-state index contributed by atoms with van der Waals surface area (Å²) in [5.74, 6) is -1.38. The molecule has 0 unspecified atom stereocenters. The second-order valence-electron chi connectivity index (χ2n) is 8.89. The van der Waals surface area contributed by atoms with Crippen LogP contribution >= 0.6 is 0 Å². The summed E-state index contributed by atoms with van der Waals surface area (Å²) < 4.78 is 32.4. The predicted octanol–water partition coefficient (Wildman–Crippen LogP) is 3.74. The van der Waals surface area contributed by atoms with E-state index in [0.717, 1.165) is 3.58 Å². The number of amides is 1. The van der Waals surface area contributed by atoms with E-state index in [1.165, 1.54) is 29.0 Å². The van der Waals surface area contributed by atoms with E-state index in [-0.39, 0.29) is 24.2 Å². The molecule has 0 aliphatic heterocycles. The molecule has 2 aromatic heterocycles. The van der Waals surface area contributed by atoms with E-state index in [1.807, 2.05) is 6.07 Å². The first-order valence-electron chi connectivity index (χ1n) is 10.3. The molecule has 1 N–H and O–H groups in total. The van der Waals surface area contributed by atoms with E-state index in [0.29, 0.717) is 21.8 Å². The number of rotatable bonds is 5. The number of aryl methyl sites for hydroxylation is 2. The first-order valence-corrected chi connectivity index (χ1v) is 20.3. The number of carbonyl (C=O) groups is 1. The van der Waals surface area contributed by atoms with E-state index in [2.05, 4.69) is 25.2 Å². The van der Waals surface area contributed by atoms with Gasteiger partial charge in [0.15, 0.2) is 0 Å². The van der Waals surface area contributed by atoms with E-state index < -0.39 is 35.9 Å². The quantitative estimate of drug-likeness (QED) is 0.389. The van der Waals surface area contributed by atoms with Gasteiger partial charge in [0.1, 0.15) is 0 Å². The van der Waals surface area contributed by atoms with Gasteiger partial charge in [-0.2, -0.15) is 5.10 Å². The summed E-state index contributed by atoms with van der Waals surface area (Å²) >= 11 is -2.42. The van der Waals surface area contributed by atoms with Crippen LogP contribution in [-0.4, -0.2) is 38.6 Å². The molecular weight excluding hydrogens is 521 g/mol. The molecule has 0 fully saturated rings. The minimum atomic E-state index is -2.42. The number of halogens is 2. The number of anilines is 1. The maximum absolute atomic E-state index is 14.5. The van der Waals surface area contributed by atoms with Crippen molar-refractivity contribution in [3.05, 3.63) is 64.6 Å². The van der Waals surface area contributed by atoms with Gasteiger partial charge in [-0.1, -0.05) is 0 Å². The van der Waals surface area contributed by atoms with Crippen LogP contribution in [0.2, 0.25) is 14.8 Å². The van der Waals surface area contributed by atoms with Crippen molar-refractivity contribution in [2.45, 2.75) is 27.8 Å². The van der Waals surface area contributed by atoms with Crippen LogP contribution in [0.25, 0.3) is 21.8 Å². The van der Waals surface area contributed by atoms with Gasteiger partial charge in [0.25, 0.3) is 0 Å². The van der Waals surface area contributed by atoms with Crippen LogP contribution in [0.1, 0.15) is 6.42 Å². The number of nitrogens with zero attached hydrogens (tertiary/aromatic N) is 3. The fourth-order valence-corrected chi connectivity index (χ4v) is 7.09. The van der Waals surface area contributed by atoms with Gasteiger partial charge in [-0.25, -0.2) is 4.39 Å². The Balaban J connectivity index is 1.62. The first-order chi connectivity index (χ1) is 15.1. The standard InChI is InChI=1S/C20H15F2N4O2.3CH3.Sn/c1-25-19-13-7-6-12(21)10-17(13)26(20(28)14(19)11-23-25)9-8-18(27)24-16-5-3-2-4-15(16)22;;;;/h3-7,10-11H,8-9H2,1H3,(H,24,27);3*1H3;. The minimum absolute atomic E-state index is 0.0214. The zero-order valence-electron chi connectivity index (χ0n) is 18.4. The Labute approximate surface area is 187 Å². The van der Waals surface area contributed by atoms with Crippen LogP contribution in [0.5, 0.6) is 0 Å². The summed E-state index contributed by atoms with van der Waals surface area (Å²) in [5.41, 5.74) is 0.747. The second kappa shape index (κ2) is 8.31. The summed E-state index contributed by atoms with van der Waals surface area (Å²) in [6.45, 7) is 0.0214. The molecule has 0 saturated heterocycles. The van der Waals surface area contributed by atoms with Crippen LogP contribution in [0.3, 0.4) is 0 Å². The predicted molar refractivity (Wildman–Crippen MR) is 125 cm³/mol. The average molecular weight is 545 g/mol. The van der Waals surface area contributed by atoms with Crippen molar-refractivity contribution in [2.24, 2.45) is 7.05 Å². The number of aromatic nitrogens is 3. The molecule has 2 aromatic carbocycles. The molecule has 0 bridgehead atoms. The third-order valence-corrected chi connectivity index (χ3v) is 11.4. The summed E-state index contributed by atoms with van der Waals surface area (Å²) in [4.78, 5) is 32.1. The Morgan fingerprint density at radius 3 is 2.53 bits per heavy atom. The molecular formula is C23H24F2N4O2Sn. The molecule has 0 atom stereocenters. The van der Waals surface area contributed by atoms with Gasteiger partial charge in [-0.3, -0.25) is 4.68 Å². The fraction of sp³-hybridized carbons (Fsp3) is 0.261. The monoisotopic (exact) mass is 546 g/mol. The third-order valence-electron chi connectivity index (χ3n) is 5.59. The molecule has 0 spiro atoms. The van der Waals surface area contributed by atoms with Crippen LogP contribution in [-0.2, 0) is 18.4 Å². The number of hydrogen-bond donors (Lipinski definition) is 1. The molecule has 0 aliphatic carbocycles. The third kappa shape index (κ3) is 4.15. The van der Waals surface area contributed by atoms with Crippen molar-refractivity contribution >= 4 is 55.4 Å². The number of pyridine rings is 1. The number of fused-ring (bicyclic) bond motifs is 3. The van der Waals surface area contributed by atoms with Crippen LogP contribution < -0.4 is 14.5 Å². The Bertz CT molecular complexity index is 1420. The fourth-order valence-electron chi connectivity index (χ4n) is 3.83. The molecule has 0 radical (unpaired) electrons. The van der Waals surface area contributed by atoms with Crippen molar-refractivity contribution in [1.29, 1.82) is 0 Å². The maximum atomic E-state index is 14.5. The molecule has 4 rings (SSSR count). The average Bonchev–Trinajstić information content (AvgIpc) is 3.10. The molecule has 4 aromatic rings. The molecule has 0 aliphatic rings. The van der Waals surface area contributed by atoms with E-state index in [9.17, 15) is 18.4 Å². The van der Waals surface area contributed by atoms with Crippen LogP contribution in [0.15, 0.2) is 47.4 Å². The van der Waals surface area contributed by atoms with Crippen molar-refractivity contribution in [1.82, 2.24) is 14.3 Å². The van der Waals surface area contributed by atoms with E-state index >= 15 is 0 Å². The zero-order chi connectivity index (χ0) is 23.2. The molecule has 32 heavy (non-hydrogen) atoms. The normalized spacial score (nSPS) is 11.9. The van der Waals surface area contributed by atoms with Crippen LogP contribution in [0.4, 0.5) is 14.5 Å². The van der Waals surface area contributed by atoms with Crippen molar-refractivity contribution in [3.8, 4) is 0 Å². The number of carbonyl (C=O) groups excluding carboxylic acids is 1. The van der Waals surface area contributed by atoms with Gasteiger partial charge >= 0.3 is 161 Å². The number of nitrogens with one attached hydrogen (secondary N) is 1. The molecule has 9 heteroatoms. The first kappa shape index (κ1) is 22.4. The van der Waals surface area contributed by atoms with Gasteiger partial charge in [-0.15, -0.1) is 0 Å². The topological polar surface area (TPSA) is 68.9 Å². The van der Waals surface area contributed by atoms with Gasteiger partial charge in [0, 0.05) is 7.05 Å². The molecule has 2 heterocycles. The van der Waals surface area contributed by atoms with E-state index in [1.54, 1.807) is 23.9 Å². The molecule has 0 saturated carbocycles. The van der Waals surface area contributed by atoms with Crippen molar-refractivity contribution in [2.75, 3.05) is 5.32 Å². The Kier molecular flexibility index (Phi) is 5.83. The molecule has 166 valence electrons.